The predicted octanol–water partition coefficient (Wildman–Crippen LogP) is 3.67. The Balaban J connectivity index is 1.62. The number of rotatable bonds is 9. The van der Waals surface area contributed by atoms with Gasteiger partial charge in [0.2, 0.25) is 0 Å². The van der Waals surface area contributed by atoms with Crippen molar-refractivity contribution < 1.29 is 4.79 Å². The van der Waals surface area contributed by atoms with Crippen LogP contribution in [0.15, 0.2) is 77.7 Å². The van der Waals surface area contributed by atoms with Crippen LogP contribution in [0.4, 0.5) is 0 Å². The molecule has 0 atom stereocenters. The van der Waals surface area contributed by atoms with Gasteiger partial charge in [-0.25, -0.2) is 0 Å². The van der Waals surface area contributed by atoms with Crippen molar-refractivity contribution in [3.63, 3.8) is 0 Å². The molecule has 3 aromatic rings. The molecular weight excluding hydrogens is 374 g/mol. The third-order valence-corrected chi connectivity index (χ3v) is 5.24. The second-order valence-corrected chi connectivity index (χ2v) is 7.30. The molecular formula is C25H29N3O2. The van der Waals surface area contributed by atoms with Gasteiger partial charge in [0.05, 0.1) is 6.54 Å². The van der Waals surface area contributed by atoms with E-state index in [-0.39, 0.29) is 17.0 Å². The lowest BCUT2D eigenvalue weighted by Crippen LogP contribution is -2.32. The van der Waals surface area contributed by atoms with Crippen LogP contribution >= 0.6 is 0 Å². The van der Waals surface area contributed by atoms with Crippen LogP contribution in [0.1, 0.15) is 40.9 Å². The van der Waals surface area contributed by atoms with Crippen molar-refractivity contribution in [2.75, 3.05) is 13.1 Å². The average molecular weight is 404 g/mol. The van der Waals surface area contributed by atoms with E-state index in [4.69, 9.17) is 0 Å². The van der Waals surface area contributed by atoms with E-state index in [0.717, 1.165) is 30.8 Å². The maximum Gasteiger partial charge on any atom is 0.263 e. The van der Waals surface area contributed by atoms with Gasteiger partial charge in [-0.3, -0.25) is 14.5 Å². The third kappa shape index (κ3) is 5.67. The van der Waals surface area contributed by atoms with Crippen LogP contribution in [-0.4, -0.2) is 28.5 Å². The molecule has 0 spiro atoms. The Kier molecular flexibility index (Phi) is 7.57. The summed E-state index contributed by atoms with van der Waals surface area (Å²) >= 11 is 0. The first kappa shape index (κ1) is 21.5. The molecule has 5 nitrogen and oxygen atoms in total. The van der Waals surface area contributed by atoms with Crippen LogP contribution in [0.3, 0.4) is 0 Å². The first-order valence-electron chi connectivity index (χ1n) is 10.4. The molecule has 1 heterocycles. The molecule has 1 amide bonds. The molecule has 156 valence electrons. The minimum Gasteiger partial charge on any atom is -0.348 e. The number of carbonyl (C=O) groups is 1. The molecule has 1 N–H and O–H groups in total. The van der Waals surface area contributed by atoms with Gasteiger partial charge in [0.15, 0.2) is 0 Å². The average Bonchev–Trinajstić information content (AvgIpc) is 2.78. The summed E-state index contributed by atoms with van der Waals surface area (Å²) in [5.74, 6) is -0.352. The molecule has 0 radical (unpaired) electrons. The van der Waals surface area contributed by atoms with Crippen molar-refractivity contribution in [1.82, 2.24) is 14.8 Å². The van der Waals surface area contributed by atoms with E-state index in [2.05, 4.69) is 36.2 Å². The predicted molar refractivity (Wildman–Crippen MR) is 120 cm³/mol. The van der Waals surface area contributed by atoms with E-state index in [0.29, 0.717) is 13.1 Å². The number of nitrogens with zero attached hydrogens (tertiary/aromatic N) is 2. The summed E-state index contributed by atoms with van der Waals surface area (Å²) in [5.41, 5.74) is 3.15. The molecule has 0 saturated heterocycles. The molecule has 0 unspecified atom stereocenters. The zero-order valence-corrected chi connectivity index (χ0v) is 17.7. The highest BCUT2D eigenvalue weighted by Crippen LogP contribution is 2.08. The summed E-state index contributed by atoms with van der Waals surface area (Å²) in [4.78, 5) is 27.7. The van der Waals surface area contributed by atoms with Gasteiger partial charge in [-0.15, -0.1) is 0 Å². The van der Waals surface area contributed by atoms with Gasteiger partial charge in [-0.05, 0) is 41.9 Å². The van der Waals surface area contributed by atoms with Crippen LogP contribution in [0.2, 0.25) is 0 Å². The summed E-state index contributed by atoms with van der Waals surface area (Å²) in [6.07, 6.45) is 1.71. The lowest BCUT2D eigenvalue weighted by atomic mass is 10.1. The molecule has 0 aliphatic heterocycles. The van der Waals surface area contributed by atoms with E-state index < -0.39 is 0 Å². The smallest absolute Gasteiger partial charge is 0.263 e. The minimum absolute atomic E-state index is 0.159. The fraction of sp³-hybridized carbons (Fsp3) is 0.280. The largest absolute Gasteiger partial charge is 0.348 e. The van der Waals surface area contributed by atoms with E-state index in [1.165, 1.54) is 5.56 Å². The Morgan fingerprint density at radius 3 is 2.20 bits per heavy atom. The van der Waals surface area contributed by atoms with Crippen LogP contribution in [0.25, 0.3) is 0 Å². The van der Waals surface area contributed by atoms with Gasteiger partial charge in [-0.1, -0.05) is 68.4 Å². The summed E-state index contributed by atoms with van der Waals surface area (Å²) in [6, 6.07) is 21.3. The zero-order valence-electron chi connectivity index (χ0n) is 17.7. The zero-order chi connectivity index (χ0) is 21.3. The van der Waals surface area contributed by atoms with Crippen LogP contribution in [0.5, 0.6) is 0 Å². The number of pyridine rings is 1. The second-order valence-electron chi connectivity index (χ2n) is 7.30. The number of amides is 1. The van der Waals surface area contributed by atoms with Crippen molar-refractivity contribution in [3.8, 4) is 0 Å². The number of hydrogen-bond acceptors (Lipinski definition) is 3. The van der Waals surface area contributed by atoms with Gasteiger partial charge in [-0.2, -0.15) is 0 Å². The van der Waals surface area contributed by atoms with Crippen molar-refractivity contribution in [1.29, 1.82) is 0 Å². The van der Waals surface area contributed by atoms with Gasteiger partial charge >= 0.3 is 0 Å². The number of benzene rings is 2. The maximum atomic E-state index is 12.7. The molecule has 5 heteroatoms. The Morgan fingerprint density at radius 2 is 1.53 bits per heavy atom. The molecule has 0 bridgehead atoms. The summed E-state index contributed by atoms with van der Waals surface area (Å²) in [5, 5.41) is 2.87. The fourth-order valence-electron chi connectivity index (χ4n) is 3.36. The number of aromatic nitrogens is 1. The fourth-order valence-corrected chi connectivity index (χ4v) is 3.36. The van der Waals surface area contributed by atoms with Crippen molar-refractivity contribution in [3.05, 3.63) is 106 Å². The molecule has 0 aliphatic carbocycles. The summed E-state index contributed by atoms with van der Waals surface area (Å²) in [6.45, 7) is 8.10. The SMILES string of the molecule is CCN(CC)Cc1ccc(CNC(=O)c2cccn(Cc3ccccc3)c2=O)cc1. The van der Waals surface area contributed by atoms with Gasteiger partial charge in [0.1, 0.15) is 5.56 Å². The van der Waals surface area contributed by atoms with Gasteiger partial charge < -0.3 is 9.88 Å². The van der Waals surface area contributed by atoms with Gasteiger partial charge in [0, 0.05) is 19.3 Å². The Labute approximate surface area is 178 Å². The van der Waals surface area contributed by atoms with Gasteiger partial charge in [0.25, 0.3) is 11.5 Å². The molecule has 1 aromatic heterocycles. The topological polar surface area (TPSA) is 54.3 Å². The second kappa shape index (κ2) is 10.6. The molecule has 3 rings (SSSR count). The molecule has 0 saturated carbocycles. The monoisotopic (exact) mass is 403 g/mol. The molecule has 0 aliphatic rings. The van der Waals surface area contributed by atoms with E-state index in [9.17, 15) is 9.59 Å². The van der Waals surface area contributed by atoms with Crippen LogP contribution in [-0.2, 0) is 19.6 Å². The Morgan fingerprint density at radius 1 is 0.867 bits per heavy atom. The highest BCUT2D eigenvalue weighted by Gasteiger charge is 2.12. The van der Waals surface area contributed by atoms with Crippen molar-refractivity contribution >= 4 is 5.91 Å². The molecule has 2 aromatic carbocycles. The Bertz CT molecular complexity index is 1010. The van der Waals surface area contributed by atoms with Crippen LogP contribution < -0.4 is 10.9 Å². The van der Waals surface area contributed by atoms with E-state index >= 15 is 0 Å². The first-order chi connectivity index (χ1) is 14.6. The number of nitrogens with one attached hydrogen (secondary N) is 1. The van der Waals surface area contributed by atoms with E-state index in [1.807, 2.05) is 42.5 Å². The number of hydrogen-bond donors (Lipinski definition) is 1. The molecule has 0 fully saturated rings. The first-order valence-corrected chi connectivity index (χ1v) is 10.4. The van der Waals surface area contributed by atoms with Crippen molar-refractivity contribution in [2.24, 2.45) is 0 Å². The maximum absolute atomic E-state index is 12.7. The summed E-state index contributed by atoms with van der Waals surface area (Å²) in [7, 11) is 0. The third-order valence-electron chi connectivity index (χ3n) is 5.24. The summed E-state index contributed by atoms with van der Waals surface area (Å²) < 4.78 is 1.56. The molecule has 30 heavy (non-hydrogen) atoms. The minimum atomic E-state index is -0.352. The van der Waals surface area contributed by atoms with Crippen molar-refractivity contribution in [2.45, 2.75) is 33.5 Å². The highest BCUT2D eigenvalue weighted by molar-refractivity contribution is 5.93. The highest BCUT2D eigenvalue weighted by atomic mass is 16.2. The van der Waals surface area contributed by atoms with E-state index in [1.54, 1.807) is 22.9 Å². The Hall–Kier alpha value is -3.18. The number of carbonyl (C=O) groups excluding carboxylic acids is 1. The lowest BCUT2D eigenvalue weighted by Gasteiger charge is -2.18. The lowest BCUT2D eigenvalue weighted by molar-refractivity contribution is 0.0949. The quantitative estimate of drug-likeness (QED) is 0.593. The van der Waals surface area contributed by atoms with Crippen LogP contribution in [0, 0.1) is 0 Å². The standard InChI is InChI=1S/C25H29N3O2/c1-3-27(4-2)18-22-14-12-20(13-15-22)17-26-24(29)23-11-8-16-28(25(23)30)19-21-9-6-5-7-10-21/h5-16H,3-4,17-19H2,1-2H3,(H,26,29). The normalized spacial score (nSPS) is 10.9.